The predicted molar refractivity (Wildman–Crippen MR) is 132 cm³/mol. The molecule has 0 aliphatic carbocycles. The molecule has 33 heavy (non-hydrogen) atoms. The number of piperazine rings is 1. The molecule has 1 saturated heterocycles. The first-order valence-corrected chi connectivity index (χ1v) is 11.4. The van der Waals surface area contributed by atoms with E-state index in [4.69, 9.17) is 21.1 Å². The van der Waals surface area contributed by atoms with Crippen LogP contribution in [-0.4, -0.2) is 70.7 Å². The van der Waals surface area contributed by atoms with Crippen molar-refractivity contribution in [3.63, 3.8) is 0 Å². The highest BCUT2D eigenvalue weighted by atomic mass is 35.5. The quantitative estimate of drug-likeness (QED) is 0.429. The number of methoxy groups -OCH3 is 2. The Kier molecular flexibility index (Phi) is 8.79. The van der Waals surface area contributed by atoms with Crippen LogP contribution in [0.1, 0.15) is 17.3 Å². The van der Waals surface area contributed by atoms with E-state index in [1.807, 2.05) is 24.3 Å². The molecule has 1 unspecified atom stereocenters. The van der Waals surface area contributed by atoms with E-state index in [1.165, 1.54) is 0 Å². The van der Waals surface area contributed by atoms with E-state index < -0.39 is 5.38 Å². The van der Waals surface area contributed by atoms with Crippen LogP contribution in [0.25, 0.3) is 0 Å². The van der Waals surface area contributed by atoms with Crippen molar-refractivity contribution in [1.29, 1.82) is 0 Å². The molecule has 1 aliphatic rings. The molecule has 0 spiro atoms. The Labute approximate surface area is 199 Å². The summed E-state index contributed by atoms with van der Waals surface area (Å²) in [5, 5.41) is 4.96. The standard InChI is InChI=1S/C24H31ClN4O4/c1-17(25)23(30)27-18-8-9-20(19(16-18)24(31)26-10-15-32-2)28-11-13-29(14-12-28)21-6-4-5-7-22(21)33-3/h4-9,16-17H,10-15H2,1-3H3,(H,26,31)(H,27,30). The molecular weight excluding hydrogens is 444 g/mol. The van der Waals surface area contributed by atoms with Crippen LogP contribution in [0, 0.1) is 0 Å². The lowest BCUT2D eigenvalue weighted by molar-refractivity contribution is -0.115. The molecule has 9 heteroatoms. The Bertz CT molecular complexity index is 961. The Morgan fingerprint density at radius 3 is 2.33 bits per heavy atom. The summed E-state index contributed by atoms with van der Waals surface area (Å²) in [7, 11) is 3.26. The van der Waals surface area contributed by atoms with Crippen molar-refractivity contribution >= 4 is 40.5 Å². The number of alkyl halides is 1. The number of nitrogens with one attached hydrogen (secondary N) is 2. The summed E-state index contributed by atoms with van der Waals surface area (Å²) in [5.74, 6) is 0.308. The second kappa shape index (κ2) is 11.8. The molecule has 0 saturated carbocycles. The van der Waals surface area contributed by atoms with E-state index in [0.29, 0.717) is 24.4 Å². The minimum atomic E-state index is -0.674. The highest BCUT2D eigenvalue weighted by molar-refractivity contribution is 6.32. The lowest BCUT2D eigenvalue weighted by atomic mass is 10.1. The van der Waals surface area contributed by atoms with Gasteiger partial charge in [0.1, 0.15) is 11.1 Å². The van der Waals surface area contributed by atoms with Crippen LogP contribution >= 0.6 is 11.6 Å². The monoisotopic (exact) mass is 474 g/mol. The van der Waals surface area contributed by atoms with Crippen molar-refractivity contribution in [3.05, 3.63) is 48.0 Å². The number of halogens is 1. The van der Waals surface area contributed by atoms with Gasteiger partial charge in [0.05, 0.1) is 25.0 Å². The molecular formula is C24H31ClN4O4. The predicted octanol–water partition coefficient (Wildman–Crippen LogP) is 2.96. The minimum absolute atomic E-state index is 0.218. The summed E-state index contributed by atoms with van der Waals surface area (Å²) >= 11 is 5.88. The van der Waals surface area contributed by atoms with Gasteiger partial charge in [-0.05, 0) is 37.3 Å². The number of anilines is 3. The number of rotatable bonds is 9. The molecule has 178 valence electrons. The van der Waals surface area contributed by atoms with Crippen molar-refractivity contribution in [2.45, 2.75) is 12.3 Å². The molecule has 0 bridgehead atoms. The summed E-state index contributed by atoms with van der Waals surface area (Å²) in [6.07, 6.45) is 0. The van der Waals surface area contributed by atoms with Crippen LogP contribution in [0.2, 0.25) is 0 Å². The van der Waals surface area contributed by atoms with E-state index >= 15 is 0 Å². The van der Waals surface area contributed by atoms with E-state index in [9.17, 15) is 9.59 Å². The molecule has 0 radical (unpaired) electrons. The lowest BCUT2D eigenvalue weighted by Crippen LogP contribution is -2.47. The van der Waals surface area contributed by atoms with Gasteiger partial charge < -0.3 is 29.9 Å². The highest BCUT2D eigenvalue weighted by Gasteiger charge is 2.24. The third-order valence-corrected chi connectivity index (χ3v) is 5.71. The highest BCUT2D eigenvalue weighted by Crippen LogP contribution is 2.31. The van der Waals surface area contributed by atoms with E-state index in [-0.39, 0.29) is 11.8 Å². The van der Waals surface area contributed by atoms with Gasteiger partial charge in [0, 0.05) is 51.2 Å². The van der Waals surface area contributed by atoms with Crippen LogP contribution < -0.4 is 25.2 Å². The Morgan fingerprint density at radius 1 is 1.03 bits per heavy atom. The first-order valence-electron chi connectivity index (χ1n) is 10.9. The number of carbonyl (C=O) groups is 2. The number of para-hydroxylation sites is 2. The first kappa shape index (κ1) is 24.7. The van der Waals surface area contributed by atoms with Gasteiger partial charge in [-0.25, -0.2) is 0 Å². The van der Waals surface area contributed by atoms with E-state index in [2.05, 4.69) is 26.5 Å². The van der Waals surface area contributed by atoms with E-state index in [0.717, 1.165) is 43.3 Å². The van der Waals surface area contributed by atoms with Crippen molar-refractivity contribution in [2.75, 3.05) is 68.7 Å². The number of ether oxygens (including phenoxy) is 2. The number of benzene rings is 2. The normalized spacial score (nSPS) is 14.5. The van der Waals surface area contributed by atoms with Crippen LogP contribution in [0.4, 0.5) is 17.1 Å². The molecule has 1 aliphatic heterocycles. The Hall–Kier alpha value is -2.97. The van der Waals surface area contributed by atoms with Crippen LogP contribution in [0.15, 0.2) is 42.5 Å². The van der Waals surface area contributed by atoms with Crippen LogP contribution in [0.5, 0.6) is 5.75 Å². The zero-order valence-corrected chi connectivity index (χ0v) is 20.0. The zero-order valence-electron chi connectivity index (χ0n) is 19.3. The molecule has 1 fully saturated rings. The molecule has 2 N–H and O–H groups in total. The van der Waals surface area contributed by atoms with Crippen LogP contribution in [-0.2, 0) is 9.53 Å². The average Bonchev–Trinajstić information content (AvgIpc) is 2.84. The lowest BCUT2D eigenvalue weighted by Gasteiger charge is -2.38. The van der Waals surface area contributed by atoms with Crippen molar-refractivity contribution in [3.8, 4) is 5.75 Å². The molecule has 1 atom stereocenters. The summed E-state index contributed by atoms with van der Waals surface area (Å²) in [6, 6.07) is 13.3. The Balaban J connectivity index is 1.79. The van der Waals surface area contributed by atoms with Gasteiger partial charge in [-0.1, -0.05) is 12.1 Å². The number of nitrogens with zero attached hydrogens (tertiary/aromatic N) is 2. The summed E-state index contributed by atoms with van der Waals surface area (Å²) < 4.78 is 10.5. The first-order chi connectivity index (χ1) is 15.9. The van der Waals surface area contributed by atoms with E-state index in [1.54, 1.807) is 33.3 Å². The number of hydrogen-bond acceptors (Lipinski definition) is 6. The largest absolute Gasteiger partial charge is 0.495 e. The fraction of sp³-hybridized carbons (Fsp3) is 0.417. The molecule has 1 heterocycles. The van der Waals surface area contributed by atoms with Gasteiger partial charge in [-0.2, -0.15) is 0 Å². The molecule has 2 amide bonds. The topological polar surface area (TPSA) is 83.1 Å². The third-order valence-electron chi connectivity index (χ3n) is 5.51. The van der Waals surface area contributed by atoms with Crippen molar-refractivity contribution in [2.24, 2.45) is 0 Å². The average molecular weight is 475 g/mol. The van der Waals surface area contributed by atoms with Crippen molar-refractivity contribution in [1.82, 2.24) is 5.32 Å². The van der Waals surface area contributed by atoms with Gasteiger partial charge >= 0.3 is 0 Å². The van der Waals surface area contributed by atoms with Gasteiger partial charge in [0.25, 0.3) is 5.91 Å². The SMILES string of the molecule is COCCNC(=O)c1cc(NC(=O)C(C)Cl)ccc1N1CCN(c2ccccc2OC)CC1. The fourth-order valence-corrected chi connectivity index (χ4v) is 3.81. The van der Waals surface area contributed by atoms with Gasteiger partial charge in [-0.3, -0.25) is 9.59 Å². The second-order valence-corrected chi connectivity index (χ2v) is 8.39. The maximum absolute atomic E-state index is 13.0. The van der Waals surface area contributed by atoms with Crippen molar-refractivity contribution < 1.29 is 19.1 Å². The summed E-state index contributed by atoms with van der Waals surface area (Å²) in [5.41, 5.74) is 2.91. The Morgan fingerprint density at radius 2 is 1.70 bits per heavy atom. The maximum atomic E-state index is 13.0. The molecule has 3 rings (SSSR count). The number of hydrogen-bond donors (Lipinski definition) is 2. The van der Waals surface area contributed by atoms with Gasteiger partial charge in [0.2, 0.25) is 5.91 Å². The minimum Gasteiger partial charge on any atom is -0.495 e. The smallest absolute Gasteiger partial charge is 0.253 e. The molecule has 8 nitrogen and oxygen atoms in total. The third kappa shape index (κ3) is 6.30. The van der Waals surface area contributed by atoms with Crippen LogP contribution in [0.3, 0.4) is 0 Å². The molecule has 2 aromatic rings. The summed E-state index contributed by atoms with van der Waals surface area (Å²) in [6.45, 7) is 5.46. The fourth-order valence-electron chi connectivity index (χ4n) is 3.75. The van der Waals surface area contributed by atoms with Gasteiger partial charge in [0.15, 0.2) is 0 Å². The second-order valence-electron chi connectivity index (χ2n) is 7.73. The molecule has 0 aromatic heterocycles. The number of carbonyl (C=O) groups excluding carboxylic acids is 2. The number of amides is 2. The summed E-state index contributed by atoms with van der Waals surface area (Å²) in [4.78, 5) is 29.5. The molecule has 2 aromatic carbocycles. The van der Waals surface area contributed by atoms with Gasteiger partial charge in [-0.15, -0.1) is 11.6 Å². The zero-order chi connectivity index (χ0) is 23.8. The maximum Gasteiger partial charge on any atom is 0.253 e.